The smallest absolute Gasteiger partial charge is 0.259 e. The standard InChI is InChI=1S/C24H24N4O4S2/c1-16-8-9-21(33-16)20-14-19(22-17(2)26-32-23(22)25-20)24(29)27-10-12-28(13-11-27)34(30,31)15-18-6-4-3-5-7-18/h3-9,14H,10-13,15H2,1-2H3. The van der Waals surface area contributed by atoms with E-state index in [-0.39, 0.29) is 24.7 Å². The number of benzene rings is 1. The van der Waals surface area contributed by atoms with Crippen LogP contribution in [0.3, 0.4) is 0 Å². The lowest BCUT2D eigenvalue weighted by molar-refractivity contribution is 0.0699. The minimum Gasteiger partial charge on any atom is -0.336 e. The molecule has 0 bridgehead atoms. The van der Waals surface area contributed by atoms with Gasteiger partial charge in [0.2, 0.25) is 10.0 Å². The van der Waals surface area contributed by atoms with Crippen LogP contribution >= 0.6 is 11.3 Å². The molecule has 34 heavy (non-hydrogen) atoms. The summed E-state index contributed by atoms with van der Waals surface area (Å²) in [7, 11) is -3.46. The first kappa shape index (κ1) is 22.7. The first-order valence-electron chi connectivity index (χ1n) is 11.0. The van der Waals surface area contributed by atoms with Crippen molar-refractivity contribution < 1.29 is 17.7 Å². The van der Waals surface area contributed by atoms with Gasteiger partial charge >= 0.3 is 0 Å². The van der Waals surface area contributed by atoms with E-state index < -0.39 is 10.0 Å². The molecule has 176 valence electrons. The number of thiophene rings is 1. The van der Waals surface area contributed by atoms with Crippen LogP contribution in [0.2, 0.25) is 0 Å². The number of amides is 1. The SMILES string of the molecule is Cc1ccc(-c2cc(C(=O)N3CCN(S(=O)(=O)Cc4ccccc4)CC3)c3c(C)noc3n2)s1. The van der Waals surface area contributed by atoms with Crippen molar-refractivity contribution in [3.63, 3.8) is 0 Å². The van der Waals surface area contributed by atoms with E-state index >= 15 is 0 Å². The highest BCUT2D eigenvalue weighted by Crippen LogP contribution is 2.31. The van der Waals surface area contributed by atoms with Gasteiger partial charge in [0.25, 0.3) is 11.6 Å². The lowest BCUT2D eigenvalue weighted by atomic mass is 10.1. The van der Waals surface area contributed by atoms with Gasteiger partial charge in [-0.05, 0) is 37.6 Å². The van der Waals surface area contributed by atoms with E-state index in [0.29, 0.717) is 41.1 Å². The van der Waals surface area contributed by atoms with Crippen LogP contribution in [0.25, 0.3) is 21.7 Å². The lowest BCUT2D eigenvalue weighted by Crippen LogP contribution is -2.50. The van der Waals surface area contributed by atoms with E-state index in [1.807, 2.05) is 37.3 Å². The van der Waals surface area contributed by atoms with Crippen molar-refractivity contribution in [2.45, 2.75) is 19.6 Å². The normalized spacial score (nSPS) is 15.2. The zero-order chi connectivity index (χ0) is 23.9. The summed E-state index contributed by atoms with van der Waals surface area (Å²) >= 11 is 1.59. The average molecular weight is 497 g/mol. The monoisotopic (exact) mass is 496 g/mol. The number of carbonyl (C=O) groups excluding carboxylic acids is 1. The molecule has 4 heterocycles. The molecule has 8 nitrogen and oxygen atoms in total. The van der Waals surface area contributed by atoms with Crippen LogP contribution in [0.5, 0.6) is 0 Å². The van der Waals surface area contributed by atoms with Crippen LogP contribution in [0.15, 0.2) is 53.1 Å². The Morgan fingerprint density at radius 3 is 2.47 bits per heavy atom. The van der Waals surface area contributed by atoms with Crippen molar-refractivity contribution in [3.05, 3.63) is 70.2 Å². The minimum absolute atomic E-state index is 0.0454. The molecule has 4 aromatic rings. The third-order valence-electron chi connectivity index (χ3n) is 5.95. The van der Waals surface area contributed by atoms with Gasteiger partial charge in [0.05, 0.1) is 33.0 Å². The maximum Gasteiger partial charge on any atom is 0.259 e. The van der Waals surface area contributed by atoms with Crippen LogP contribution in [0.1, 0.15) is 26.5 Å². The van der Waals surface area contributed by atoms with Crippen LogP contribution in [-0.4, -0.2) is 59.8 Å². The van der Waals surface area contributed by atoms with Crippen LogP contribution in [0.4, 0.5) is 0 Å². The molecule has 0 unspecified atom stereocenters. The number of aryl methyl sites for hydroxylation is 2. The van der Waals surface area contributed by atoms with E-state index in [0.717, 1.165) is 15.3 Å². The molecule has 0 N–H and O–H groups in total. The van der Waals surface area contributed by atoms with Crippen molar-refractivity contribution in [3.8, 4) is 10.6 Å². The highest BCUT2D eigenvalue weighted by Gasteiger charge is 2.31. The Balaban J connectivity index is 1.37. The molecule has 1 saturated heterocycles. The number of hydrogen-bond acceptors (Lipinski definition) is 7. The van der Waals surface area contributed by atoms with Gasteiger partial charge in [-0.2, -0.15) is 4.31 Å². The number of pyridine rings is 1. The molecular weight excluding hydrogens is 472 g/mol. The summed E-state index contributed by atoms with van der Waals surface area (Å²) < 4.78 is 32.6. The molecule has 5 rings (SSSR count). The van der Waals surface area contributed by atoms with Gasteiger partial charge in [-0.3, -0.25) is 4.79 Å². The Hall–Kier alpha value is -3.08. The van der Waals surface area contributed by atoms with Crippen molar-refractivity contribution in [2.24, 2.45) is 0 Å². The Morgan fingerprint density at radius 2 is 1.79 bits per heavy atom. The predicted molar refractivity (Wildman–Crippen MR) is 131 cm³/mol. The molecule has 1 aromatic carbocycles. The van der Waals surface area contributed by atoms with Crippen LogP contribution in [0, 0.1) is 13.8 Å². The number of carbonyl (C=O) groups is 1. The summed E-state index contributed by atoms with van der Waals surface area (Å²) in [5.74, 6) is -0.218. The zero-order valence-corrected chi connectivity index (χ0v) is 20.5. The first-order chi connectivity index (χ1) is 16.3. The van der Waals surface area contributed by atoms with E-state index in [9.17, 15) is 13.2 Å². The van der Waals surface area contributed by atoms with Gasteiger partial charge in [-0.15, -0.1) is 11.3 Å². The summed E-state index contributed by atoms with van der Waals surface area (Å²) in [6.45, 7) is 4.95. The first-order valence-corrected chi connectivity index (χ1v) is 13.4. The highest BCUT2D eigenvalue weighted by molar-refractivity contribution is 7.88. The molecule has 1 fully saturated rings. The van der Waals surface area contributed by atoms with Gasteiger partial charge < -0.3 is 9.42 Å². The number of fused-ring (bicyclic) bond motifs is 1. The van der Waals surface area contributed by atoms with E-state index in [2.05, 4.69) is 10.1 Å². The number of hydrogen-bond donors (Lipinski definition) is 0. The number of piperazine rings is 1. The molecule has 0 atom stereocenters. The fourth-order valence-electron chi connectivity index (χ4n) is 4.18. The Morgan fingerprint density at radius 1 is 1.06 bits per heavy atom. The number of rotatable bonds is 5. The molecule has 0 radical (unpaired) electrons. The maximum absolute atomic E-state index is 13.6. The molecule has 1 amide bonds. The summed E-state index contributed by atoms with van der Waals surface area (Å²) in [6.07, 6.45) is 0. The molecular formula is C24H24N4O4S2. The van der Waals surface area contributed by atoms with Crippen molar-refractivity contribution in [1.82, 2.24) is 19.3 Å². The fraction of sp³-hybridized carbons (Fsp3) is 0.292. The topological polar surface area (TPSA) is 96.6 Å². The quantitative estimate of drug-likeness (QED) is 0.416. The van der Waals surface area contributed by atoms with Crippen molar-refractivity contribution in [1.29, 1.82) is 0 Å². The number of sulfonamides is 1. The van der Waals surface area contributed by atoms with Gasteiger partial charge in [-0.1, -0.05) is 35.5 Å². The molecule has 0 saturated carbocycles. The maximum atomic E-state index is 13.6. The van der Waals surface area contributed by atoms with Gasteiger partial charge in [-0.25, -0.2) is 13.4 Å². The largest absolute Gasteiger partial charge is 0.336 e. The van der Waals surface area contributed by atoms with E-state index in [1.165, 1.54) is 4.31 Å². The summed E-state index contributed by atoms with van der Waals surface area (Å²) in [5.41, 5.74) is 2.82. The Kier molecular flexibility index (Phi) is 5.97. The van der Waals surface area contributed by atoms with Crippen LogP contribution < -0.4 is 0 Å². The highest BCUT2D eigenvalue weighted by atomic mass is 32.2. The summed E-state index contributed by atoms with van der Waals surface area (Å²) in [4.78, 5) is 21.9. The second-order valence-electron chi connectivity index (χ2n) is 8.35. The fourth-order valence-corrected chi connectivity index (χ4v) is 6.52. The Labute approximate surface area is 201 Å². The molecule has 1 aliphatic heterocycles. The number of aromatic nitrogens is 2. The van der Waals surface area contributed by atoms with Gasteiger partial charge in [0.1, 0.15) is 0 Å². The molecule has 10 heteroatoms. The third-order valence-corrected chi connectivity index (χ3v) is 8.82. The average Bonchev–Trinajstić information content (AvgIpc) is 3.44. The zero-order valence-electron chi connectivity index (χ0n) is 18.9. The van der Waals surface area contributed by atoms with E-state index in [1.54, 1.807) is 41.4 Å². The number of nitrogens with zero attached hydrogens (tertiary/aromatic N) is 4. The third kappa shape index (κ3) is 4.36. The second-order valence-corrected chi connectivity index (χ2v) is 11.6. The minimum atomic E-state index is -3.46. The predicted octanol–water partition coefficient (Wildman–Crippen LogP) is 3.86. The summed E-state index contributed by atoms with van der Waals surface area (Å²) in [5, 5.41) is 4.61. The molecule has 0 spiro atoms. The van der Waals surface area contributed by atoms with Gasteiger partial charge in [0.15, 0.2) is 0 Å². The van der Waals surface area contributed by atoms with E-state index in [4.69, 9.17) is 4.52 Å². The molecule has 1 aliphatic rings. The van der Waals surface area contributed by atoms with Crippen molar-refractivity contribution >= 4 is 38.4 Å². The molecule has 0 aliphatic carbocycles. The Bertz CT molecular complexity index is 1450. The lowest BCUT2D eigenvalue weighted by Gasteiger charge is -2.34. The second kappa shape index (κ2) is 8.94. The molecule has 3 aromatic heterocycles. The van der Waals surface area contributed by atoms with Gasteiger partial charge in [0, 0.05) is 31.1 Å². The van der Waals surface area contributed by atoms with Crippen LogP contribution in [-0.2, 0) is 15.8 Å². The summed E-state index contributed by atoms with van der Waals surface area (Å²) in [6, 6.07) is 14.9. The van der Waals surface area contributed by atoms with Crippen molar-refractivity contribution in [2.75, 3.05) is 26.2 Å².